The normalized spacial score (nSPS) is 10.7. The van der Waals surface area contributed by atoms with Gasteiger partial charge in [0.05, 0.1) is 30.8 Å². The highest BCUT2D eigenvalue weighted by Crippen LogP contribution is 2.33. The first-order valence-electron chi connectivity index (χ1n) is 6.93. The molecule has 0 aliphatic carbocycles. The van der Waals surface area contributed by atoms with Gasteiger partial charge in [0.15, 0.2) is 11.5 Å². The fourth-order valence-corrected chi connectivity index (χ4v) is 2.49. The smallest absolute Gasteiger partial charge is 0.260 e. The summed E-state index contributed by atoms with van der Waals surface area (Å²) in [6, 6.07) is 6.88. The molecule has 2 aromatic heterocycles. The van der Waals surface area contributed by atoms with E-state index in [0.717, 1.165) is 0 Å². The largest absolute Gasteiger partial charge is 0.493 e. The molecule has 0 bridgehead atoms. The maximum absolute atomic E-state index is 12.4. The van der Waals surface area contributed by atoms with Crippen LogP contribution in [0.1, 0.15) is 5.82 Å². The number of pyridine rings is 1. The number of aryl methyl sites for hydroxylation is 1. The minimum atomic E-state index is -0.259. The zero-order valence-corrected chi connectivity index (χ0v) is 13.0. The van der Waals surface area contributed by atoms with Crippen LogP contribution in [-0.4, -0.2) is 29.2 Å². The van der Waals surface area contributed by atoms with Crippen molar-refractivity contribution in [2.75, 3.05) is 20.0 Å². The summed E-state index contributed by atoms with van der Waals surface area (Å²) in [7, 11) is 3.10. The molecule has 3 N–H and O–H groups in total. The second-order valence-electron chi connectivity index (χ2n) is 5.01. The highest BCUT2D eigenvalue weighted by atomic mass is 16.5. The SMILES string of the molecule is COc1ccc(-c2nc(N)cc3nc(C)[nH]c(=O)c23)cc1OC. The molecule has 2 heterocycles. The zero-order chi connectivity index (χ0) is 16.6. The number of ether oxygens (including phenoxy) is 2. The second-order valence-corrected chi connectivity index (χ2v) is 5.01. The van der Waals surface area contributed by atoms with Crippen LogP contribution in [0, 0.1) is 6.92 Å². The average Bonchev–Trinajstić information content (AvgIpc) is 2.52. The molecule has 7 heteroatoms. The van der Waals surface area contributed by atoms with E-state index in [1.807, 2.05) is 0 Å². The third-order valence-corrected chi connectivity index (χ3v) is 3.49. The van der Waals surface area contributed by atoms with Crippen LogP contribution in [0.15, 0.2) is 29.1 Å². The van der Waals surface area contributed by atoms with E-state index in [1.54, 1.807) is 45.4 Å². The van der Waals surface area contributed by atoms with E-state index in [9.17, 15) is 4.79 Å². The minimum Gasteiger partial charge on any atom is -0.493 e. The third-order valence-electron chi connectivity index (χ3n) is 3.49. The molecular formula is C16H16N4O3. The van der Waals surface area contributed by atoms with E-state index < -0.39 is 0 Å². The molecule has 0 atom stereocenters. The van der Waals surface area contributed by atoms with Crippen molar-refractivity contribution in [3.05, 3.63) is 40.4 Å². The van der Waals surface area contributed by atoms with E-state index in [1.165, 1.54) is 0 Å². The van der Waals surface area contributed by atoms with E-state index >= 15 is 0 Å². The first kappa shape index (κ1) is 14.8. The van der Waals surface area contributed by atoms with Crippen LogP contribution in [0.4, 0.5) is 5.82 Å². The number of aromatic nitrogens is 3. The van der Waals surface area contributed by atoms with Gasteiger partial charge in [-0.25, -0.2) is 9.97 Å². The Bertz CT molecular complexity index is 945. The van der Waals surface area contributed by atoms with Crippen molar-refractivity contribution in [3.8, 4) is 22.8 Å². The standard InChI is InChI=1S/C16H16N4O3/c1-8-18-10-7-13(17)20-15(14(10)16(21)19-8)9-4-5-11(22-2)12(6-9)23-3/h4-7H,1-3H3,(H2,17,20)(H,18,19,21). The number of nitrogens with zero attached hydrogens (tertiary/aromatic N) is 2. The lowest BCUT2D eigenvalue weighted by molar-refractivity contribution is 0.355. The molecule has 0 aliphatic heterocycles. The topological polar surface area (TPSA) is 103 Å². The van der Waals surface area contributed by atoms with Gasteiger partial charge in [-0.1, -0.05) is 0 Å². The summed E-state index contributed by atoms with van der Waals surface area (Å²) in [4.78, 5) is 23.7. The summed E-state index contributed by atoms with van der Waals surface area (Å²) in [5.74, 6) is 1.94. The van der Waals surface area contributed by atoms with Gasteiger partial charge in [-0.3, -0.25) is 4.79 Å². The Morgan fingerprint density at radius 1 is 1.09 bits per heavy atom. The number of aromatic amines is 1. The summed E-state index contributed by atoms with van der Waals surface area (Å²) in [5, 5.41) is 0.386. The Morgan fingerprint density at radius 2 is 1.83 bits per heavy atom. The van der Waals surface area contributed by atoms with Gasteiger partial charge in [-0.15, -0.1) is 0 Å². The highest BCUT2D eigenvalue weighted by Gasteiger charge is 2.14. The van der Waals surface area contributed by atoms with E-state index in [4.69, 9.17) is 15.2 Å². The van der Waals surface area contributed by atoms with Crippen LogP contribution >= 0.6 is 0 Å². The Hall–Kier alpha value is -3.09. The van der Waals surface area contributed by atoms with Gasteiger partial charge >= 0.3 is 0 Å². The van der Waals surface area contributed by atoms with E-state index in [2.05, 4.69) is 15.0 Å². The summed E-state index contributed by atoms with van der Waals surface area (Å²) in [6.45, 7) is 1.72. The van der Waals surface area contributed by atoms with Gasteiger partial charge < -0.3 is 20.2 Å². The summed E-state index contributed by atoms with van der Waals surface area (Å²) in [5.41, 5.74) is 7.26. The minimum absolute atomic E-state index is 0.259. The van der Waals surface area contributed by atoms with Gasteiger partial charge in [-0.05, 0) is 25.1 Å². The van der Waals surface area contributed by atoms with E-state index in [-0.39, 0.29) is 5.56 Å². The molecule has 0 aliphatic rings. The van der Waals surface area contributed by atoms with Gasteiger partial charge in [0, 0.05) is 11.6 Å². The number of benzene rings is 1. The first-order valence-corrected chi connectivity index (χ1v) is 6.93. The number of nitrogens with one attached hydrogen (secondary N) is 1. The van der Waals surface area contributed by atoms with Crippen LogP contribution < -0.4 is 20.8 Å². The number of rotatable bonds is 3. The van der Waals surface area contributed by atoms with Crippen molar-refractivity contribution in [2.24, 2.45) is 0 Å². The van der Waals surface area contributed by atoms with Gasteiger partial charge in [0.25, 0.3) is 5.56 Å². The Balaban J connectivity index is 2.34. The highest BCUT2D eigenvalue weighted by molar-refractivity contribution is 5.93. The molecule has 23 heavy (non-hydrogen) atoms. The number of hydrogen-bond acceptors (Lipinski definition) is 6. The molecule has 0 saturated carbocycles. The average molecular weight is 312 g/mol. The lowest BCUT2D eigenvalue weighted by Gasteiger charge is -2.11. The number of fused-ring (bicyclic) bond motifs is 1. The van der Waals surface area contributed by atoms with Crippen molar-refractivity contribution >= 4 is 16.7 Å². The molecule has 0 radical (unpaired) electrons. The Labute approximate surface area is 132 Å². The monoisotopic (exact) mass is 312 g/mol. The van der Waals surface area contributed by atoms with Crippen molar-refractivity contribution in [1.29, 1.82) is 0 Å². The predicted molar refractivity (Wildman–Crippen MR) is 87.8 cm³/mol. The van der Waals surface area contributed by atoms with Crippen LogP contribution in [0.5, 0.6) is 11.5 Å². The maximum Gasteiger partial charge on any atom is 0.260 e. The molecule has 0 amide bonds. The van der Waals surface area contributed by atoms with Crippen LogP contribution in [0.2, 0.25) is 0 Å². The molecule has 0 fully saturated rings. The Morgan fingerprint density at radius 3 is 2.52 bits per heavy atom. The number of nitrogens with two attached hydrogens (primary N) is 1. The Kier molecular flexibility index (Phi) is 3.61. The van der Waals surface area contributed by atoms with Crippen molar-refractivity contribution < 1.29 is 9.47 Å². The van der Waals surface area contributed by atoms with Gasteiger partial charge in [0.1, 0.15) is 11.6 Å². The lowest BCUT2D eigenvalue weighted by atomic mass is 10.1. The van der Waals surface area contributed by atoms with Crippen molar-refractivity contribution in [3.63, 3.8) is 0 Å². The fraction of sp³-hybridized carbons (Fsp3) is 0.188. The molecule has 3 rings (SSSR count). The molecule has 3 aromatic rings. The molecule has 0 saturated heterocycles. The number of anilines is 1. The second kappa shape index (κ2) is 5.60. The van der Waals surface area contributed by atoms with Crippen LogP contribution in [0.3, 0.4) is 0 Å². The number of H-pyrrole nitrogens is 1. The summed E-state index contributed by atoms with van der Waals surface area (Å²) >= 11 is 0. The number of methoxy groups -OCH3 is 2. The lowest BCUT2D eigenvalue weighted by Crippen LogP contribution is -2.12. The number of nitrogen functional groups attached to an aromatic ring is 1. The molecule has 7 nitrogen and oxygen atoms in total. The number of hydrogen-bond donors (Lipinski definition) is 2. The van der Waals surface area contributed by atoms with Crippen molar-refractivity contribution in [2.45, 2.75) is 6.92 Å². The van der Waals surface area contributed by atoms with Crippen molar-refractivity contribution in [1.82, 2.24) is 15.0 Å². The molecular weight excluding hydrogens is 296 g/mol. The third kappa shape index (κ3) is 2.57. The van der Waals surface area contributed by atoms with Gasteiger partial charge in [0.2, 0.25) is 0 Å². The van der Waals surface area contributed by atoms with Crippen LogP contribution in [0.25, 0.3) is 22.2 Å². The quantitative estimate of drug-likeness (QED) is 0.765. The molecule has 0 spiro atoms. The fourth-order valence-electron chi connectivity index (χ4n) is 2.49. The predicted octanol–water partition coefficient (Wildman–Crippen LogP) is 1.89. The molecule has 0 unspecified atom stereocenters. The first-order chi connectivity index (χ1) is 11.0. The molecule has 1 aromatic carbocycles. The van der Waals surface area contributed by atoms with Crippen LogP contribution in [-0.2, 0) is 0 Å². The van der Waals surface area contributed by atoms with Gasteiger partial charge in [-0.2, -0.15) is 0 Å². The zero-order valence-electron chi connectivity index (χ0n) is 13.0. The maximum atomic E-state index is 12.4. The summed E-state index contributed by atoms with van der Waals surface area (Å²) in [6.07, 6.45) is 0. The molecule has 118 valence electrons. The van der Waals surface area contributed by atoms with E-state index in [0.29, 0.717) is 45.3 Å². The summed E-state index contributed by atoms with van der Waals surface area (Å²) < 4.78 is 10.5.